The van der Waals surface area contributed by atoms with Gasteiger partial charge in [0.05, 0.1) is 38.9 Å². The molecular weight excluding hydrogens is 814 g/mol. The van der Waals surface area contributed by atoms with E-state index in [2.05, 4.69) is 9.97 Å². The van der Waals surface area contributed by atoms with Gasteiger partial charge in [-0.3, -0.25) is 4.98 Å². The molecule has 0 radical (unpaired) electrons. The maximum absolute atomic E-state index is 12.2. The minimum absolute atomic E-state index is 0. The Balaban J connectivity index is 0.000000707. The number of anilines is 1. The van der Waals surface area contributed by atoms with E-state index in [9.17, 15) is 15.3 Å². The third-order valence-electron chi connectivity index (χ3n) is 4.72. The number of benzene rings is 2. The Bertz CT molecular complexity index is 1270. The molecule has 2 aromatic heterocycles. The molecule has 0 bridgehead atoms. The zero-order valence-electron chi connectivity index (χ0n) is 21.5. The summed E-state index contributed by atoms with van der Waals surface area (Å²) in [4.78, 5) is 10.7. The fraction of sp³-hybridized carbons (Fsp3) is 0.200. The van der Waals surface area contributed by atoms with Gasteiger partial charge in [0.1, 0.15) is 5.82 Å². The molecule has 2 aromatic carbocycles. The molecule has 0 unspecified atom stereocenters. The molecule has 0 saturated carbocycles. The van der Waals surface area contributed by atoms with Crippen molar-refractivity contribution < 1.29 is 32.4 Å². The predicted octanol–water partition coefficient (Wildman–Crippen LogP) is 8.51. The van der Waals surface area contributed by atoms with Gasteiger partial charge in [-0.2, -0.15) is 0 Å². The summed E-state index contributed by atoms with van der Waals surface area (Å²) in [5.74, 6) is -0.959. The molecule has 0 spiro atoms. The van der Waals surface area contributed by atoms with Crippen LogP contribution in [-0.2, 0) is 37.2 Å². The Kier molecular flexibility index (Phi) is 21.7. The zero-order valence-corrected chi connectivity index (χ0v) is 30.3. The Morgan fingerprint density at radius 1 is 0.698 bits per heavy atom. The van der Waals surface area contributed by atoms with Gasteiger partial charge in [-0.25, -0.2) is 4.98 Å². The van der Waals surface area contributed by atoms with Gasteiger partial charge in [-0.15, -0.1) is 0 Å². The average Bonchev–Trinajstić information content (AvgIpc) is 3.34. The van der Waals surface area contributed by atoms with Crippen molar-refractivity contribution in [2.75, 3.05) is 4.90 Å². The number of aromatic nitrogens is 3. The SMILES string of the molecule is ClC(Cl)Cl.ClC(Cl)Cl.Cn1ccnc1CN(Cc1ccccn1)c1ccccc1[O-].[Mn+3].[O-]c1c([O-])c(Cl)c(Cl)c(Cl)c1Cl. The summed E-state index contributed by atoms with van der Waals surface area (Å²) < 4.78 is 0.457. The number of pyridine rings is 1. The third-order valence-corrected chi connectivity index (χ3v) is 6.49. The minimum atomic E-state index is -0.934. The van der Waals surface area contributed by atoms with E-state index in [0.717, 1.165) is 11.5 Å². The second-order valence-corrected chi connectivity index (χ2v) is 13.0. The normalized spacial score (nSPS) is 9.98. The predicted molar refractivity (Wildman–Crippen MR) is 171 cm³/mol. The van der Waals surface area contributed by atoms with Gasteiger partial charge in [0, 0.05) is 31.3 Å². The first-order chi connectivity index (χ1) is 19.7. The van der Waals surface area contributed by atoms with Gasteiger partial charge in [0.2, 0.25) is 0 Å². The largest absolute Gasteiger partial charge is 3.00 e. The number of para-hydroxylation sites is 2. The maximum atomic E-state index is 12.2. The van der Waals surface area contributed by atoms with E-state index >= 15 is 0 Å². The molecule has 0 saturated heterocycles. The summed E-state index contributed by atoms with van der Waals surface area (Å²) in [5.41, 5.74) is 1.58. The first-order valence-electron chi connectivity index (χ1n) is 11.1. The molecule has 0 N–H and O–H groups in total. The molecule has 234 valence electrons. The Morgan fingerprint density at radius 3 is 1.60 bits per heavy atom. The monoisotopic (exact) mass is 828 g/mol. The van der Waals surface area contributed by atoms with E-state index in [-0.39, 0.29) is 32.9 Å². The van der Waals surface area contributed by atoms with Gasteiger partial charge in [-0.1, -0.05) is 158 Å². The molecule has 2 heterocycles. The number of aryl methyl sites for hydroxylation is 1. The zero-order chi connectivity index (χ0) is 32.0. The van der Waals surface area contributed by atoms with Crippen molar-refractivity contribution in [3.8, 4) is 17.2 Å². The second-order valence-electron chi connectivity index (χ2n) is 7.51. The number of imidazole rings is 1. The van der Waals surface area contributed by atoms with E-state index in [0.29, 0.717) is 18.8 Å². The Labute approximate surface area is 309 Å². The second kappa shape index (κ2) is 22.0. The van der Waals surface area contributed by atoms with Gasteiger partial charge in [0.25, 0.3) is 0 Å². The van der Waals surface area contributed by atoms with Crippen molar-refractivity contribution in [2.24, 2.45) is 7.05 Å². The van der Waals surface area contributed by atoms with E-state index in [4.69, 9.17) is 116 Å². The van der Waals surface area contributed by atoms with Gasteiger partial charge in [-0.05, 0) is 18.2 Å². The molecule has 0 aliphatic heterocycles. The molecule has 0 fully saturated rings. The van der Waals surface area contributed by atoms with Crippen molar-refractivity contribution in [1.82, 2.24) is 14.5 Å². The van der Waals surface area contributed by atoms with Crippen molar-refractivity contribution in [3.63, 3.8) is 0 Å². The number of hydrogen-bond acceptors (Lipinski definition) is 6. The molecule has 0 aliphatic rings. The van der Waals surface area contributed by atoms with Gasteiger partial charge >= 0.3 is 17.1 Å². The summed E-state index contributed by atoms with van der Waals surface area (Å²) in [6.45, 7) is 1.12. The fourth-order valence-corrected chi connectivity index (χ4v) is 3.76. The van der Waals surface area contributed by atoms with Crippen LogP contribution in [0, 0.1) is 0 Å². The van der Waals surface area contributed by atoms with E-state index in [1.54, 1.807) is 24.5 Å². The first kappa shape index (κ1) is 42.4. The summed E-state index contributed by atoms with van der Waals surface area (Å²) in [6.07, 6.45) is 5.42. The van der Waals surface area contributed by atoms with Crippen molar-refractivity contribution in [2.45, 2.75) is 21.7 Å². The topological polar surface area (TPSA) is 103 Å². The quantitative estimate of drug-likeness (QED) is 0.0866. The van der Waals surface area contributed by atoms with Crippen molar-refractivity contribution >= 4 is 122 Å². The minimum Gasteiger partial charge on any atom is -0.872 e. The maximum Gasteiger partial charge on any atom is 3.00 e. The summed E-state index contributed by atoms with van der Waals surface area (Å²) >= 11 is 50.5. The number of nitrogens with zero attached hydrogens (tertiary/aromatic N) is 4. The molecule has 0 amide bonds. The number of halogens is 10. The summed E-state index contributed by atoms with van der Waals surface area (Å²) in [7, 11) is 1.95. The average molecular weight is 833 g/mol. The molecular formula is C25H19Cl10MnN4O3. The van der Waals surface area contributed by atoms with Crippen LogP contribution in [0.2, 0.25) is 20.1 Å². The third kappa shape index (κ3) is 15.5. The van der Waals surface area contributed by atoms with Gasteiger partial charge in [0.15, 0.2) is 8.59 Å². The van der Waals surface area contributed by atoms with Crippen LogP contribution < -0.4 is 20.2 Å². The van der Waals surface area contributed by atoms with Crippen molar-refractivity contribution in [3.05, 3.63) is 92.7 Å². The fourth-order valence-electron chi connectivity index (χ4n) is 2.94. The molecule has 4 aromatic rings. The van der Waals surface area contributed by atoms with Crippen LogP contribution in [0.15, 0.2) is 61.1 Å². The van der Waals surface area contributed by atoms with E-state index in [1.807, 2.05) is 53.0 Å². The van der Waals surface area contributed by atoms with Crippen LogP contribution in [-0.4, -0.2) is 23.1 Å². The molecule has 0 aliphatic carbocycles. The smallest absolute Gasteiger partial charge is 0.872 e. The van der Waals surface area contributed by atoms with Gasteiger partial charge < -0.3 is 24.8 Å². The van der Waals surface area contributed by atoms with E-state index < -0.39 is 30.1 Å². The van der Waals surface area contributed by atoms with Crippen molar-refractivity contribution in [1.29, 1.82) is 0 Å². The van der Waals surface area contributed by atoms with Crippen LogP contribution in [0.25, 0.3) is 0 Å². The summed E-state index contributed by atoms with van der Waals surface area (Å²) in [6, 6.07) is 12.8. The summed E-state index contributed by atoms with van der Waals surface area (Å²) in [5, 5.41) is 32.8. The van der Waals surface area contributed by atoms with Crippen LogP contribution in [0.5, 0.6) is 17.2 Å². The Morgan fingerprint density at radius 2 is 1.19 bits per heavy atom. The van der Waals surface area contributed by atoms with E-state index in [1.165, 1.54) is 0 Å². The molecule has 4 rings (SSSR count). The molecule has 43 heavy (non-hydrogen) atoms. The standard InChI is InChI=1S/C17H18N4O.C6H2Cl4O2.2CHCl3.Mn/c1-20-11-10-19-17(20)13-21(12-14-6-4-5-9-18-14)15-7-2-3-8-16(15)22;7-1-2(8)4(10)6(12)5(11)3(1)9;2*2-1(3)4;/h2-11,22H,12-13H2,1H3;11-12H;2*1H;/q;;;;+3/p-3. The van der Waals surface area contributed by atoms with Crippen LogP contribution in [0.3, 0.4) is 0 Å². The first-order valence-corrected chi connectivity index (χ1v) is 15.2. The van der Waals surface area contributed by atoms with Crippen LogP contribution in [0.4, 0.5) is 5.69 Å². The molecule has 0 atom stereocenters. The number of alkyl halides is 6. The number of rotatable bonds is 5. The van der Waals surface area contributed by atoms with Crippen LogP contribution >= 0.6 is 116 Å². The molecule has 18 heteroatoms. The number of hydrogen-bond donors (Lipinski definition) is 0. The van der Waals surface area contributed by atoms with Crippen LogP contribution in [0.1, 0.15) is 11.5 Å². The Hall–Kier alpha value is -0.581. The molecule has 7 nitrogen and oxygen atoms in total.